The maximum Gasteiger partial charge on any atom is 0.341 e. The van der Waals surface area contributed by atoms with Crippen LogP contribution in [-0.4, -0.2) is 33.9 Å². The molecule has 0 spiro atoms. The Hall–Kier alpha value is -1.52. The number of carbonyl (C=O) groups is 1. The molecule has 1 aromatic heterocycles. The van der Waals surface area contributed by atoms with E-state index in [1.807, 2.05) is 25.8 Å². The Bertz CT molecular complexity index is 382. The van der Waals surface area contributed by atoms with Gasteiger partial charge in [-0.3, -0.25) is 4.68 Å². The highest BCUT2D eigenvalue weighted by molar-refractivity contribution is 5.94. The van der Waals surface area contributed by atoms with Crippen LogP contribution in [0.5, 0.6) is 0 Å². The summed E-state index contributed by atoms with van der Waals surface area (Å²) in [5.74, 6) is -0.280. The molecule has 5 nitrogen and oxygen atoms in total. The topological polar surface area (TPSA) is 58.4 Å². The minimum absolute atomic E-state index is 0.234. The Morgan fingerprint density at radius 2 is 2.07 bits per heavy atom. The van der Waals surface area contributed by atoms with E-state index in [1.165, 1.54) is 0 Å². The molecule has 0 aliphatic heterocycles. The molecule has 1 rings (SSSR count). The normalized spacial score (nSPS) is 10.8. The van der Waals surface area contributed by atoms with E-state index in [0.717, 1.165) is 0 Å². The van der Waals surface area contributed by atoms with Gasteiger partial charge in [0, 0.05) is 20.1 Å². The lowest BCUT2D eigenvalue weighted by Gasteiger charge is -2.24. The van der Waals surface area contributed by atoms with Gasteiger partial charge in [0.05, 0.1) is 5.69 Å². The first-order valence-electron chi connectivity index (χ1n) is 4.86. The highest BCUT2D eigenvalue weighted by atomic mass is 16.4. The van der Waals surface area contributed by atoms with Crippen molar-refractivity contribution >= 4 is 11.8 Å². The molecule has 0 atom stereocenters. The first kappa shape index (κ1) is 11.6. The third kappa shape index (κ3) is 1.95. The molecule has 1 heterocycles. The van der Waals surface area contributed by atoms with Crippen LogP contribution in [0.3, 0.4) is 0 Å². The van der Waals surface area contributed by atoms with Crippen molar-refractivity contribution in [1.29, 1.82) is 0 Å². The smallest absolute Gasteiger partial charge is 0.341 e. The summed E-state index contributed by atoms with van der Waals surface area (Å²) in [6, 6.07) is 0.234. The summed E-state index contributed by atoms with van der Waals surface area (Å²) >= 11 is 0. The van der Waals surface area contributed by atoms with Crippen LogP contribution in [0.25, 0.3) is 0 Å². The lowest BCUT2D eigenvalue weighted by atomic mass is 10.2. The highest BCUT2D eigenvalue weighted by Gasteiger charge is 2.23. The van der Waals surface area contributed by atoms with Crippen LogP contribution in [0.2, 0.25) is 0 Å². The molecule has 0 saturated heterocycles. The lowest BCUT2D eigenvalue weighted by Crippen LogP contribution is -2.29. The lowest BCUT2D eigenvalue weighted by molar-refractivity contribution is 0.0696. The number of carboxylic acid groups (broad SMARTS) is 1. The van der Waals surface area contributed by atoms with Gasteiger partial charge in [-0.15, -0.1) is 0 Å². The molecule has 0 bridgehead atoms. The number of carboxylic acids is 1. The van der Waals surface area contributed by atoms with Crippen LogP contribution in [0.4, 0.5) is 5.82 Å². The molecule has 15 heavy (non-hydrogen) atoms. The molecule has 0 fully saturated rings. The molecule has 0 aliphatic rings. The number of aromatic nitrogens is 2. The molecule has 0 amide bonds. The first-order chi connectivity index (χ1) is 6.86. The van der Waals surface area contributed by atoms with E-state index in [4.69, 9.17) is 5.11 Å². The molecule has 0 aromatic carbocycles. The van der Waals surface area contributed by atoms with E-state index < -0.39 is 5.97 Å². The number of aromatic carboxylic acids is 1. The van der Waals surface area contributed by atoms with Gasteiger partial charge in [-0.25, -0.2) is 4.79 Å². The van der Waals surface area contributed by atoms with Crippen LogP contribution < -0.4 is 4.90 Å². The average Bonchev–Trinajstić information content (AvgIpc) is 2.39. The van der Waals surface area contributed by atoms with E-state index in [9.17, 15) is 4.79 Å². The second kappa shape index (κ2) is 3.92. The molecular weight excluding hydrogens is 194 g/mol. The number of rotatable bonds is 3. The van der Waals surface area contributed by atoms with Crippen molar-refractivity contribution in [3.63, 3.8) is 0 Å². The maximum atomic E-state index is 11.1. The summed E-state index contributed by atoms with van der Waals surface area (Å²) in [6.07, 6.45) is 0. The Balaban J connectivity index is 3.32. The highest BCUT2D eigenvalue weighted by Crippen LogP contribution is 2.23. The number of anilines is 1. The van der Waals surface area contributed by atoms with Crippen molar-refractivity contribution in [2.45, 2.75) is 26.8 Å². The third-order valence-corrected chi connectivity index (χ3v) is 2.51. The van der Waals surface area contributed by atoms with Gasteiger partial charge in [-0.05, 0) is 20.8 Å². The van der Waals surface area contributed by atoms with Gasteiger partial charge in [0.1, 0.15) is 11.4 Å². The molecule has 84 valence electrons. The van der Waals surface area contributed by atoms with Gasteiger partial charge >= 0.3 is 5.97 Å². The molecule has 0 saturated carbocycles. The van der Waals surface area contributed by atoms with Crippen molar-refractivity contribution in [1.82, 2.24) is 9.78 Å². The zero-order valence-corrected chi connectivity index (χ0v) is 9.77. The van der Waals surface area contributed by atoms with E-state index in [0.29, 0.717) is 11.5 Å². The average molecular weight is 211 g/mol. The zero-order chi connectivity index (χ0) is 11.7. The summed E-state index contributed by atoms with van der Waals surface area (Å²) < 4.78 is 1.61. The van der Waals surface area contributed by atoms with Crippen LogP contribution >= 0.6 is 0 Å². The van der Waals surface area contributed by atoms with Gasteiger partial charge in [0.15, 0.2) is 0 Å². The second-order valence-corrected chi connectivity index (χ2v) is 3.92. The summed E-state index contributed by atoms with van der Waals surface area (Å²) in [4.78, 5) is 13.0. The van der Waals surface area contributed by atoms with Crippen LogP contribution in [0, 0.1) is 6.92 Å². The monoisotopic (exact) mass is 211 g/mol. The standard InChI is InChI=1S/C10H17N3O2/c1-6(2)12(4)9-8(10(14)15)7(3)11-13(9)5/h6H,1-5H3,(H,14,15). The number of nitrogens with zero attached hydrogens (tertiary/aromatic N) is 3. The van der Waals surface area contributed by atoms with Crippen molar-refractivity contribution in [2.24, 2.45) is 7.05 Å². The molecule has 1 N–H and O–H groups in total. The van der Waals surface area contributed by atoms with E-state index in [2.05, 4.69) is 5.10 Å². The minimum Gasteiger partial charge on any atom is -0.477 e. The fourth-order valence-corrected chi connectivity index (χ4v) is 1.55. The molecule has 1 aromatic rings. The zero-order valence-electron chi connectivity index (χ0n) is 9.77. The third-order valence-electron chi connectivity index (χ3n) is 2.51. The van der Waals surface area contributed by atoms with Gasteiger partial charge in [0.25, 0.3) is 0 Å². The molecule has 0 aliphatic carbocycles. The SMILES string of the molecule is Cc1nn(C)c(N(C)C(C)C)c1C(=O)O. The Labute approximate surface area is 89.3 Å². The van der Waals surface area contributed by atoms with Crippen LogP contribution in [0.15, 0.2) is 0 Å². The summed E-state index contributed by atoms with van der Waals surface area (Å²) in [5.41, 5.74) is 0.834. The molecule has 0 unspecified atom stereocenters. The van der Waals surface area contributed by atoms with E-state index in [1.54, 1.807) is 18.7 Å². The maximum absolute atomic E-state index is 11.1. The molecule has 5 heteroatoms. The predicted octanol–water partition coefficient (Wildman–Crippen LogP) is 1.27. The summed E-state index contributed by atoms with van der Waals surface area (Å²) in [5, 5.41) is 13.2. The number of hydrogen-bond donors (Lipinski definition) is 1. The van der Waals surface area contributed by atoms with Gasteiger partial charge < -0.3 is 10.0 Å². The van der Waals surface area contributed by atoms with Crippen molar-refractivity contribution in [2.75, 3.05) is 11.9 Å². The van der Waals surface area contributed by atoms with Crippen molar-refractivity contribution in [3.8, 4) is 0 Å². The fourth-order valence-electron chi connectivity index (χ4n) is 1.55. The number of hydrogen-bond acceptors (Lipinski definition) is 3. The van der Waals surface area contributed by atoms with Gasteiger partial charge in [0.2, 0.25) is 0 Å². The Morgan fingerprint density at radius 3 is 2.47 bits per heavy atom. The Kier molecular flexibility index (Phi) is 3.02. The van der Waals surface area contributed by atoms with Gasteiger partial charge in [-0.2, -0.15) is 5.10 Å². The number of aryl methyl sites for hydroxylation is 2. The van der Waals surface area contributed by atoms with Crippen molar-refractivity contribution in [3.05, 3.63) is 11.3 Å². The Morgan fingerprint density at radius 1 is 1.53 bits per heavy atom. The van der Waals surface area contributed by atoms with Gasteiger partial charge in [-0.1, -0.05) is 0 Å². The fraction of sp³-hybridized carbons (Fsp3) is 0.600. The first-order valence-corrected chi connectivity index (χ1v) is 4.86. The quantitative estimate of drug-likeness (QED) is 0.818. The molecule has 0 radical (unpaired) electrons. The van der Waals surface area contributed by atoms with E-state index >= 15 is 0 Å². The van der Waals surface area contributed by atoms with Crippen LogP contribution in [-0.2, 0) is 7.05 Å². The largest absolute Gasteiger partial charge is 0.477 e. The molecular formula is C10H17N3O2. The van der Waals surface area contributed by atoms with Crippen LogP contribution in [0.1, 0.15) is 29.9 Å². The summed E-state index contributed by atoms with van der Waals surface area (Å²) in [6.45, 7) is 5.73. The summed E-state index contributed by atoms with van der Waals surface area (Å²) in [7, 11) is 3.63. The van der Waals surface area contributed by atoms with E-state index in [-0.39, 0.29) is 11.6 Å². The minimum atomic E-state index is -0.928. The predicted molar refractivity (Wildman–Crippen MR) is 58.4 cm³/mol. The second-order valence-electron chi connectivity index (χ2n) is 3.92. The van der Waals surface area contributed by atoms with Crippen molar-refractivity contribution < 1.29 is 9.90 Å².